The van der Waals surface area contributed by atoms with Crippen LogP contribution in [0.25, 0.3) is 0 Å². The van der Waals surface area contributed by atoms with E-state index < -0.39 is 33.6 Å². The monoisotopic (exact) mass is 252 g/mol. The lowest BCUT2D eigenvalue weighted by molar-refractivity contribution is -0.385. The summed E-state index contributed by atoms with van der Waals surface area (Å²) >= 11 is 0. The molecule has 1 aromatic carbocycles. The standard InChI is InChI=1S/C11H9FN2O4/c1-11(2,6-13)10(15)18-9-5-7(12)3-4-8(9)14(16)17/h3-5H,1-2H3. The zero-order chi connectivity index (χ0) is 13.9. The number of rotatable bonds is 3. The minimum atomic E-state index is -1.47. The van der Waals surface area contributed by atoms with Crippen molar-refractivity contribution in [3.8, 4) is 11.8 Å². The normalized spacial score (nSPS) is 10.6. The highest BCUT2D eigenvalue weighted by atomic mass is 19.1. The second-order valence-electron chi connectivity index (χ2n) is 4.00. The van der Waals surface area contributed by atoms with Gasteiger partial charge in [0.15, 0.2) is 0 Å². The third-order valence-electron chi connectivity index (χ3n) is 2.11. The van der Waals surface area contributed by atoms with Gasteiger partial charge >= 0.3 is 11.7 Å². The molecule has 0 atom stereocenters. The van der Waals surface area contributed by atoms with E-state index in [0.717, 1.165) is 18.2 Å². The fourth-order valence-electron chi connectivity index (χ4n) is 0.994. The number of nitro benzene ring substituents is 1. The Hall–Kier alpha value is -2.49. The summed E-state index contributed by atoms with van der Waals surface area (Å²) < 4.78 is 17.7. The highest BCUT2D eigenvalue weighted by Crippen LogP contribution is 2.29. The molecule has 7 heteroatoms. The molecule has 1 aromatic rings. The maximum Gasteiger partial charge on any atom is 0.331 e. The molecule has 0 N–H and O–H groups in total. The van der Waals surface area contributed by atoms with E-state index in [0.29, 0.717) is 0 Å². The Morgan fingerprint density at radius 3 is 2.67 bits per heavy atom. The van der Waals surface area contributed by atoms with Crippen LogP contribution in [-0.2, 0) is 4.79 Å². The number of nitrogens with zero attached hydrogens (tertiary/aromatic N) is 2. The number of carbonyl (C=O) groups is 1. The van der Waals surface area contributed by atoms with E-state index in [2.05, 4.69) is 0 Å². The van der Waals surface area contributed by atoms with E-state index in [9.17, 15) is 19.3 Å². The Bertz CT molecular complexity index is 548. The van der Waals surface area contributed by atoms with Gasteiger partial charge in [-0.25, -0.2) is 9.18 Å². The number of carbonyl (C=O) groups excluding carboxylic acids is 1. The minimum absolute atomic E-state index is 0.520. The second-order valence-corrected chi connectivity index (χ2v) is 4.00. The van der Waals surface area contributed by atoms with Crippen LogP contribution < -0.4 is 4.74 Å². The van der Waals surface area contributed by atoms with E-state index in [4.69, 9.17) is 10.00 Å². The van der Waals surface area contributed by atoms with Crippen LogP contribution in [0.15, 0.2) is 18.2 Å². The van der Waals surface area contributed by atoms with E-state index >= 15 is 0 Å². The van der Waals surface area contributed by atoms with Crippen molar-refractivity contribution >= 4 is 11.7 Å². The molecule has 0 radical (unpaired) electrons. The molecule has 18 heavy (non-hydrogen) atoms. The smallest absolute Gasteiger partial charge is 0.331 e. The van der Waals surface area contributed by atoms with Gasteiger partial charge in [-0.1, -0.05) is 0 Å². The van der Waals surface area contributed by atoms with Gasteiger partial charge < -0.3 is 4.74 Å². The van der Waals surface area contributed by atoms with Gasteiger partial charge in [-0.2, -0.15) is 5.26 Å². The fourth-order valence-corrected chi connectivity index (χ4v) is 0.994. The first-order valence-corrected chi connectivity index (χ1v) is 4.85. The summed E-state index contributed by atoms with van der Waals surface area (Å²) in [5.74, 6) is -2.29. The van der Waals surface area contributed by atoms with Crippen molar-refractivity contribution in [1.29, 1.82) is 5.26 Å². The number of esters is 1. The summed E-state index contributed by atoms with van der Waals surface area (Å²) in [4.78, 5) is 21.4. The predicted molar refractivity (Wildman–Crippen MR) is 58.1 cm³/mol. The van der Waals surface area contributed by atoms with Gasteiger partial charge in [0.05, 0.1) is 11.0 Å². The molecule has 0 unspecified atom stereocenters. The highest BCUT2D eigenvalue weighted by Gasteiger charge is 2.31. The van der Waals surface area contributed by atoms with Crippen LogP contribution in [0.2, 0.25) is 0 Å². The molecule has 0 amide bonds. The fraction of sp³-hybridized carbons (Fsp3) is 0.273. The third kappa shape index (κ3) is 2.79. The Kier molecular flexibility index (Phi) is 3.61. The van der Waals surface area contributed by atoms with Crippen LogP contribution in [0, 0.1) is 32.7 Å². The van der Waals surface area contributed by atoms with Crippen LogP contribution in [-0.4, -0.2) is 10.9 Å². The van der Waals surface area contributed by atoms with Crippen molar-refractivity contribution in [2.45, 2.75) is 13.8 Å². The van der Waals surface area contributed by atoms with Crippen LogP contribution in [0.1, 0.15) is 13.8 Å². The van der Waals surface area contributed by atoms with E-state index in [1.54, 1.807) is 6.07 Å². The molecule has 1 rings (SSSR count). The van der Waals surface area contributed by atoms with Crippen molar-refractivity contribution < 1.29 is 18.8 Å². The SMILES string of the molecule is CC(C)(C#N)C(=O)Oc1cc(F)ccc1[N+](=O)[O-]. The van der Waals surface area contributed by atoms with Crippen molar-refractivity contribution in [3.05, 3.63) is 34.1 Å². The van der Waals surface area contributed by atoms with E-state index in [1.807, 2.05) is 0 Å². The molecule has 0 spiro atoms. The van der Waals surface area contributed by atoms with Crippen molar-refractivity contribution in [1.82, 2.24) is 0 Å². The van der Waals surface area contributed by atoms with E-state index in [1.165, 1.54) is 13.8 Å². The number of halogens is 1. The molecule has 6 nitrogen and oxygen atoms in total. The molecule has 94 valence electrons. The molecular formula is C11H9FN2O4. The van der Waals surface area contributed by atoms with Gasteiger partial charge in [-0.3, -0.25) is 10.1 Å². The summed E-state index contributed by atoms with van der Waals surface area (Å²) in [6.45, 7) is 2.58. The number of hydrogen-bond donors (Lipinski definition) is 0. The van der Waals surface area contributed by atoms with E-state index in [-0.39, 0.29) is 0 Å². The number of benzene rings is 1. The Morgan fingerprint density at radius 1 is 1.56 bits per heavy atom. The molecule has 0 aliphatic heterocycles. The second kappa shape index (κ2) is 4.79. The topological polar surface area (TPSA) is 93.2 Å². The number of hydrogen-bond acceptors (Lipinski definition) is 5. The van der Waals surface area contributed by atoms with Gasteiger partial charge in [-0.15, -0.1) is 0 Å². The molecule has 0 aliphatic rings. The Balaban J connectivity index is 3.12. The van der Waals surface area contributed by atoms with Crippen molar-refractivity contribution in [2.24, 2.45) is 5.41 Å². The largest absolute Gasteiger partial charge is 0.418 e. The van der Waals surface area contributed by atoms with Crippen LogP contribution in [0.3, 0.4) is 0 Å². The molecular weight excluding hydrogens is 243 g/mol. The molecule has 0 saturated carbocycles. The van der Waals surface area contributed by atoms with Gasteiger partial charge in [0.1, 0.15) is 11.2 Å². The summed E-state index contributed by atoms with van der Waals surface area (Å²) in [5, 5.41) is 19.4. The van der Waals surface area contributed by atoms with Gasteiger partial charge in [-0.05, 0) is 19.9 Å². The van der Waals surface area contributed by atoms with Crippen LogP contribution in [0.4, 0.5) is 10.1 Å². The van der Waals surface area contributed by atoms with Crippen LogP contribution >= 0.6 is 0 Å². The minimum Gasteiger partial charge on any atom is -0.418 e. The molecule has 0 heterocycles. The van der Waals surface area contributed by atoms with Crippen molar-refractivity contribution in [2.75, 3.05) is 0 Å². The molecule has 0 aliphatic carbocycles. The number of nitriles is 1. The Labute approximate surface area is 102 Å². The average Bonchev–Trinajstić information content (AvgIpc) is 2.28. The first-order valence-electron chi connectivity index (χ1n) is 4.85. The molecule has 0 aromatic heterocycles. The van der Waals surface area contributed by atoms with Gasteiger partial charge in [0.2, 0.25) is 5.75 Å². The lowest BCUT2D eigenvalue weighted by Gasteiger charge is -2.13. The summed E-state index contributed by atoms with van der Waals surface area (Å²) in [6, 6.07) is 4.18. The molecule has 0 bridgehead atoms. The zero-order valence-corrected chi connectivity index (χ0v) is 9.64. The first kappa shape index (κ1) is 13.6. The average molecular weight is 252 g/mol. The van der Waals surface area contributed by atoms with Gasteiger partial charge in [0.25, 0.3) is 0 Å². The Morgan fingerprint density at radius 2 is 2.17 bits per heavy atom. The maximum atomic E-state index is 13.0. The quantitative estimate of drug-likeness (QED) is 0.355. The third-order valence-corrected chi connectivity index (χ3v) is 2.11. The molecule has 0 fully saturated rings. The summed E-state index contributed by atoms with van der Waals surface area (Å²) in [6.07, 6.45) is 0. The first-order chi connectivity index (χ1) is 8.27. The summed E-state index contributed by atoms with van der Waals surface area (Å²) in [5.41, 5.74) is -2.02. The predicted octanol–water partition coefficient (Wildman–Crippen LogP) is 2.19. The van der Waals surface area contributed by atoms with Crippen molar-refractivity contribution in [3.63, 3.8) is 0 Å². The maximum absolute atomic E-state index is 13.0. The lowest BCUT2D eigenvalue weighted by Crippen LogP contribution is -2.27. The molecule has 0 saturated heterocycles. The number of ether oxygens (including phenoxy) is 1. The highest BCUT2D eigenvalue weighted by molar-refractivity contribution is 5.82. The van der Waals surface area contributed by atoms with Crippen LogP contribution in [0.5, 0.6) is 5.75 Å². The summed E-state index contributed by atoms with van der Waals surface area (Å²) in [7, 11) is 0. The van der Waals surface area contributed by atoms with Gasteiger partial charge in [0, 0.05) is 12.1 Å². The number of nitro groups is 1. The lowest BCUT2D eigenvalue weighted by atomic mass is 9.96. The zero-order valence-electron chi connectivity index (χ0n) is 9.64.